The minimum absolute atomic E-state index is 0.447. The van der Waals surface area contributed by atoms with Gasteiger partial charge < -0.3 is 16.4 Å². The molecule has 0 saturated heterocycles. The van der Waals surface area contributed by atoms with E-state index in [1.807, 2.05) is 62.4 Å². The average molecular weight is 356 g/mol. The lowest BCUT2D eigenvalue weighted by Gasteiger charge is -2.14. The molecule has 6 heteroatoms. The second-order valence-electron chi connectivity index (χ2n) is 6.43. The summed E-state index contributed by atoms with van der Waals surface area (Å²) >= 11 is 0. The Kier molecular flexibility index (Phi) is 4.30. The second-order valence-corrected chi connectivity index (χ2v) is 6.43. The SMILES string of the molecule is Cc1ccc(Nc2ncnc(Nc3cccc4ccc(C)nc34)c2N)cc1. The molecule has 4 rings (SSSR count). The van der Waals surface area contributed by atoms with Gasteiger partial charge in [-0.2, -0.15) is 0 Å². The molecule has 2 heterocycles. The molecular formula is C21H20N6. The molecule has 0 bridgehead atoms. The highest BCUT2D eigenvalue weighted by atomic mass is 15.1. The minimum atomic E-state index is 0.447. The van der Waals surface area contributed by atoms with Crippen molar-refractivity contribution in [1.82, 2.24) is 15.0 Å². The van der Waals surface area contributed by atoms with Crippen LogP contribution in [0.5, 0.6) is 0 Å². The fraction of sp³-hybridized carbons (Fsp3) is 0.0952. The number of aryl methyl sites for hydroxylation is 2. The van der Waals surface area contributed by atoms with Gasteiger partial charge in [0.2, 0.25) is 0 Å². The van der Waals surface area contributed by atoms with Crippen molar-refractivity contribution >= 4 is 39.6 Å². The van der Waals surface area contributed by atoms with Crippen LogP contribution in [0, 0.1) is 13.8 Å². The minimum Gasteiger partial charge on any atom is -0.393 e. The van der Waals surface area contributed by atoms with Crippen LogP contribution in [0.1, 0.15) is 11.3 Å². The first-order valence-electron chi connectivity index (χ1n) is 8.68. The fourth-order valence-electron chi connectivity index (χ4n) is 2.84. The number of nitrogens with zero attached hydrogens (tertiary/aromatic N) is 3. The van der Waals surface area contributed by atoms with Crippen LogP contribution in [0.15, 0.2) is 60.9 Å². The van der Waals surface area contributed by atoms with E-state index in [-0.39, 0.29) is 0 Å². The first-order valence-corrected chi connectivity index (χ1v) is 8.68. The molecule has 27 heavy (non-hydrogen) atoms. The summed E-state index contributed by atoms with van der Waals surface area (Å²) in [6.45, 7) is 4.02. The number of benzene rings is 2. The molecule has 0 aliphatic carbocycles. The first kappa shape index (κ1) is 16.8. The van der Waals surface area contributed by atoms with Crippen LogP contribution in [0.4, 0.5) is 28.7 Å². The molecular weight excluding hydrogens is 336 g/mol. The number of pyridine rings is 1. The van der Waals surface area contributed by atoms with Crippen molar-refractivity contribution in [3.63, 3.8) is 0 Å². The lowest BCUT2D eigenvalue weighted by molar-refractivity contribution is 1.17. The third-order valence-electron chi connectivity index (χ3n) is 4.31. The van der Waals surface area contributed by atoms with E-state index in [4.69, 9.17) is 5.73 Å². The Balaban J connectivity index is 1.67. The summed E-state index contributed by atoms with van der Waals surface area (Å²) in [5.74, 6) is 1.09. The van der Waals surface area contributed by atoms with Crippen molar-refractivity contribution in [3.05, 3.63) is 72.2 Å². The predicted molar refractivity (Wildman–Crippen MR) is 111 cm³/mol. The van der Waals surface area contributed by atoms with Gasteiger partial charge in [0.1, 0.15) is 12.0 Å². The maximum Gasteiger partial charge on any atom is 0.159 e. The summed E-state index contributed by atoms with van der Waals surface area (Å²) in [6.07, 6.45) is 1.49. The van der Waals surface area contributed by atoms with Gasteiger partial charge in [-0.25, -0.2) is 9.97 Å². The number of fused-ring (bicyclic) bond motifs is 1. The summed E-state index contributed by atoms with van der Waals surface area (Å²) < 4.78 is 0. The number of nitrogen functional groups attached to an aromatic ring is 1. The molecule has 0 radical (unpaired) electrons. The van der Waals surface area contributed by atoms with Gasteiger partial charge in [-0.05, 0) is 38.1 Å². The van der Waals surface area contributed by atoms with Crippen molar-refractivity contribution in [2.75, 3.05) is 16.4 Å². The number of nitrogens with one attached hydrogen (secondary N) is 2. The van der Waals surface area contributed by atoms with Gasteiger partial charge in [0, 0.05) is 16.8 Å². The highest BCUT2D eigenvalue weighted by Crippen LogP contribution is 2.30. The Hall–Kier alpha value is -3.67. The molecule has 0 aliphatic heterocycles. The number of nitrogens with two attached hydrogens (primary N) is 1. The zero-order valence-corrected chi connectivity index (χ0v) is 15.2. The van der Waals surface area contributed by atoms with Gasteiger partial charge >= 0.3 is 0 Å². The van der Waals surface area contributed by atoms with Gasteiger partial charge in [0.25, 0.3) is 0 Å². The number of aromatic nitrogens is 3. The molecule has 0 aliphatic rings. The van der Waals surface area contributed by atoms with Crippen molar-refractivity contribution in [2.24, 2.45) is 0 Å². The lowest BCUT2D eigenvalue weighted by atomic mass is 10.1. The Morgan fingerprint density at radius 3 is 2.33 bits per heavy atom. The highest BCUT2D eigenvalue weighted by molar-refractivity contribution is 5.93. The van der Waals surface area contributed by atoms with Crippen LogP contribution in [0.2, 0.25) is 0 Å². The van der Waals surface area contributed by atoms with Crippen LogP contribution < -0.4 is 16.4 Å². The first-order chi connectivity index (χ1) is 13.1. The van der Waals surface area contributed by atoms with E-state index in [2.05, 4.69) is 31.7 Å². The monoisotopic (exact) mass is 356 g/mol. The molecule has 2 aromatic carbocycles. The maximum absolute atomic E-state index is 6.31. The molecule has 4 aromatic rings. The van der Waals surface area contributed by atoms with Crippen molar-refractivity contribution in [2.45, 2.75) is 13.8 Å². The summed E-state index contributed by atoms with van der Waals surface area (Å²) in [7, 11) is 0. The third kappa shape index (κ3) is 3.50. The lowest BCUT2D eigenvalue weighted by Crippen LogP contribution is -2.05. The topological polar surface area (TPSA) is 88.8 Å². The molecule has 6 nitrogen and oxygen atoms in total. The standard InChI is InChI=1S/C21H20N6/c1-13-6-10-16(11-7-13)26-20-18(22)21(24-12-23-20)27-17-5-3-4-15-9-8-14(2)25-19(15)17/h3-12H,22H2,1-2H3,(H2,23,24,26,27). The van der Waals surface area contributed by atoms with Crippen molar-refractivity contribution in [1.29, 1.82) is 0 Å². The average Bonchev–Trinajstić information content (AvgIpc) is 2.67. The van der Waals surface area contributed by atoms with E-state index >= 15 is 0 Å². The van der Waals surface area contributed by atoms with Gasteiger partial charge in [-0.1, -0.05) is 35.9 Å². The Morgan fingerprint density at radius 1 is 0.815 bits per heavy atom. The maximum atomic E-state index is 6.31. The Labute approximate surface area is 157 Å². The second kappa shape index (κ2) is 6.92. The van der Waals surface area contributed by atoms with Gasteiger partial charge in [-0.3, -0.25) is 4.98 Å². The zero-order chi connectivity index (χ0) is 18.8. The molecule has 0 amide bonds. The van der Waals surface area contributed by atoms with Crippen LogP contribution >= 0.6 is 0 Å². The smallest absolute Gasteiger partial charge is 0.159 e. The van der Waals surface area contributed by atoms with Gasteiger partial charge in [0.15, 0.2) is 11.6 Å². The van der Waals surface area contributed by atoms with E-state index in [9.17, 15) is 0 Å². The van der Waals surface area contributed by atoms with Crippen LogP contribution in [-0.4, -0.2) is 15.0 Å². The van der Waals surface area contributed by atoms with Crippen molar-refractivity contribution < 1.29 is 0 Å². The molecule has 0 saturated carbocycles. The molecule has 2 aromatic heterocycles. The predicted octanol–water partition coefficient (Wildman–Crippen LogP) is 4.71. The molecule has 4 N–H and O–H groups in total. The summed E-state index contributed by atoms with van der Waals surface area (Å²) in [5, 5.41) is 7.59. The van der Waals surface area contributed by atoms with Crippen molar-refractivity contribution in [3.8, 4) is 0 Å². The normalized spacial score (nSPS) is 10.7. The molecule has 0 atom stereocenters. The number of anilines is 5. The highest BCUT2D eigenvalue weighted by Gasteiger charge is 2.11. The van der Waals surface area contributed by atoms with Crippen LogP contribution in [0.25, 0.3) is 10.9 Å². The third-order valence-corrected chi connectivity index (χ3v) is 4.31. The van der Waals surface area contributed by atoms with Gasteiger partial charge in [-0.15, -0.1) is 0 Å². The van der Waals surface area contributed by atoms with Crippen LogP contribution in [-0.2, 0) is 0 Å². The summed E-state index contributed by atoms with van der Waals surface area (Å²) in [4.78, 5) is 13.2. The molecule has 0 unspecified atom stereocenters. The van der Waals surface area contributed by atoms with E-state index in [0.717, 1.165) is 28.0 Å². The Bertz CT molecular complexity index is 1110. The van der Waals surface area contributed by atoms with E-state index in [0.29, 0.717) is 17.3 Å². The quantitative estimate of drug-likeness (QED) is 0.491. The van der Waals surface area contributed by atoms with Crippen LogP contribution in [0.3, 0.4) is 0 Å². The van der Waals surface area contributed by atoms with E-state index in [1.165, 1.54) is 11.9 Å². The van der Waals surface area contributed by atoms with E-state index < -0.39 is 0 Å². The zero-order valence-electron chi connectivity index (χ0n) is 15.2. The molecule has 0 fully saturated rings. The summed E-state index contributed by atoms with van der Waals surface area (Å²) in [6, 6.07) is 18.1. The number of para-hydroxylation sites is 1. The number of rotatable bonds is 4. The fourth-order valence-corrected chi connectivity index (χ4v) is 2.84. The molecule has 134 valence electrons. The van der Waals surface area contributed by atoms with E-state index in [1.54, 1.807) is 0 Å². The largest absolute Gasteiger partial charge is 0.393 e. The summed E-state index contributed by atoms with van der Waals surface area (Å²) in [5.41, 5.74) is 11.5. The van der Waals surface area contributed by atoms with Gasteiger partial charge in [0.05, 0.1) is 11.2 Å². The number of hydrogen-bond acceptors (Lipinski definition) is 6. The molecule has 0 spiro atoms. The number of hydrogen-bond donors (Lipinski definition) is 3. The Morgan fingerprint density at radius 2 is 1.56 bits per heavy atom.